The van der Waals surface area contributed by atoms with Crippen LogP contribution >= 0.6 is 12.4 Å². The summed E-state index contributed by atoms with van der Waals surface area (Å²) in [7, 11) is 0. The van der Waals surface area contributed by atoms with E-state index in [2.05, 4.69) is 5.43 Å². The normalized spacial score (nSPS) is 8.00. The quantitative estimate of drug-likeness (QED) is 0.509. The maximum absolute atomic E-state index is 9.81. The zero-order chi connectivity index (χ0) is 7.40. The molecule has 4 nitrogen and oxygen atoms in total. The summed E-state index contributed by atoms with van der Waals surface area (Å²) in [5, 5.41) is 9.09. The summed E-state index contributed by atoms with van der Waals surface area (Å²) < 4.78 is 0. The highest BCUT2D eigenvalue weighted by molar-refractivity contribution is 5.85. The number of benzene rings is 1. The Hall–Kier alpha value is -1.29. The van der Waals surface area contributed by atoms with E-state index in [1.807, 2.05) is 0 Å². The van der Waals surface area contributed by atoms with Crippen LogP contribution in [0, 0.1) is 10.1 Å². The van der Waals surface area contributed by atoms with Crippen molar-refractivity contribution >= 4 is 18.1 Å². The standard InChI is InChI=1S/C6H5N2O2.ClH/c9-8(10)7-6-4-2-1-3-5-6;/h1-5H;1H/q-1;. The fourth-order valence-corrected chi connectivity index (χ4v) is 0.589. The second-order valence-electron chi connectivity index (χ2n) is 1.67. The van der Waals surface area contributed by atoms with E-state index in [1.54, 1.807) is 30.3 Å². The average molecular weight is 174 g/mol. The van der Waals surface area contributed by atoms with Crippen molar-refractivity contribution in [1.29, 1.82) is 0 Å². The van der Waals surface area contributed by atoms with Gasteiger partial charge in [0.05, 0.1) is 0 Å². The maximum Gasteiger partial charge on any atom is -0.00889 e. The molecular formula is C6H6ClN2O2-. The first kappa shape index (κ1) is 9.71. The lowest BCUT2D eigenvalue weighted by atomic mass is 10.3. The smallest absolute Gasteiger partial charge is 0.00889 e. The molecule has 0 atom stereocenters. The first-order valence-corrected chi connectivity index (χ1v) is 2.70. The van der Waals surface area contributed by atoms with Crippen LogP contribution in [0.3, 0.4) is 0 Å². The van der Waals surface area contributed by atoms with Gasteiger partial charge in [0.1, 0.15) is 0 Å². The Kier molecular flexibility index (Phi) is 3.98. The summed E-state index contributed by atoms with van der Waals surface area (Å²) in [6.07, 6.45) is 0. The highest BCUT2D eigenvalue weighted by atomic mass is 35.5. The van der Waals surface area contributed by atoms with E-state index in [1.165, 1.54) is 0 Å². The molecular weight excluding hydrogens is 168 g/mol. The minimum Gasteiger partial charge on any atom is -0.349 e. The second kappa shape index (κ2) is 4.51. The van der Waals surface area contributed by atoms with Crippen molar-refractivity contribution in [2.75, 3.05) is 0 Å². The largest absolute Gasteiger partial charge is 0.349 e. The van der Waals surface area contributed by atoms with Gasteiger partial charge in [0, 0.05) is 0 Å². The highest BCUT2D eigenvalue weighted by Gasteiger charge is 1.80. The molecule has 0 aliphatic rings. The Morgan fingerprint density at radius 1 is 1.27 bits per heavy atom. The molecule has 1 aromatic carbocycles. The van der Waals surface area contributed by atoms with Crippen LogP contribution in [-0.4, -0.2) is 5.03 Å². The zero-order valence-electron chi connectivity index (χ0n) is 5.51. The summed E-state index contributed by atoms with van der Waals surface area (Å²) in [4.78, 5) is 9.81. The molecule has 0 N–H and O–H groups in total. The minimum atomic E-state index is -0.713. The van der Waals surface area contributed by atoms with Crippen LogP contribution < -0.4 is 0 Å². The molecule has 1 aromatic rings. The van der Waals surface area contributed by atoms with E-state index >= 15 is 0 Å². The lowest BCUT2D eigenvalue weighted by Crippen LogP contribution is -1.84. The van der Waals surface area contributed by atoms with Crippen molar-refractivity contribution < 1.29 is 5.03 Å². The van der Waals surface area contributed by atoms with Crippen molar-refractivity contribution in [3.63, 3.8) is 0 Å². The minimum absolute atomic E-state index is 0. The zero-order valence-corrected chi connectivity index (χ0v) is 6.32. The van der Waals surface area contributed by atoms with Crippen LogP contribution in [0.4, 0.5) is 5.69 Å². The summed E-state index contributed by atoms with van der Waals surface area (Å²) in [6.45, 7) is 0. The van der Waals surface area contributed by atoms with E-state index in [-0.39, 0.29) is 12.4 Å². The molecule has 0 amide bonds. The lowest BCUT2D eigenvalue weighted by molar-refractivity contribution is -0.418. The summed E-state index contributed by atoms with van der Waals surface area (Å²) >= 11 is 0. The van der Waals surface area contributed by atoms with Crippen molar-refractivity contribution in [3.8, 4) is 0 Å². The van der Waals surface area contributed by atoms with E-state index < -0.39 is 5.03 Å². The van der Waals surface area contributed by atoms with Gasteiger partial charge in [0.25, 0.3) is 0 Å². The van der Waals surface area contributed by atoms with Crippen LogP contribution in [0.5, 0.6) is 0 Å². The molecule has 5 heteroatoms. The Labute approximate surface area is 69.8 Å². The summed E-state index contributed by atoms with van der Waals surface area (Å²) in [5.41, 5.74) is 3.45. The van der Waals surface area contributed by atoms with Crippen LogP contribution in [0.15, 0.2) is 30.3 Å². The summed E-state index contributed by atoms with van der Waals surface area (Å²) in [5.74, 6) is 0. The van der Waals surface area contributed by atoms with Crippen LogP contribution in [-0.2, 0) is 0 Å². The van der Waals surface area contributed by atoms with Crippen LogP contribution in [0.25, 0.3) is 5.43 Å². The predicted octanol–water partition coefficient (Wildman–Crippen LogP) is 2.31. The van der Waals surface area contributed by atoms with Crippen molar-refractivity contribution in [1.82, 2.24) is 0 Å². The number of halogens is 1. The Morgan fingerprint density at radius 2 is 1.82 bits per heavy atom. The average Bonchev–Trinajstić information content (AvgIpc) is 1.88. The van der Waals surface area contributed by atoms with Gasteiger partial charge >= 0.3 is 0 Å². The third-order valence-corrected chi connectivity index (χ3v) is 0.953. The molecule has 0 heterocycles. The van der Waals surface area contributed by atoms with Crippen LogP contribution in [0.1, 0.15) is 0 Å². The first-order valence-electron chi connectivity index (χ1n) is 2.70. The van der Waals surface area contributed by atoms with E-state index in [9.17, 15) is 10.1 Å². The van der Waals surface area contributed by atoms with Gasteiger partial charge in [-0.3, -0.25) is 10.1 Å². The maximum atomic E-state index is 9.81. The SMILES string of the molecule is Cl.O=[N+]([O-])[N-]c1ccccc1. The Balaban J connectivity index is 0.000001000. The number of nitrogens with zero attached hydrogens (tertiary/aromatic N) is 2. The van der Waals surface area contributed by atoms with Gasteiger partial charge in [0.15, 0.2) is 0 Å². The topological polar surface area (TPSA) is 57.2 Å². The molecule has 0 fully saturated rings. The van der Waals surface area contributed by atoms with Gasteiger partial charge in [-0.05, 0) is 5.03 Å². The molecule has 0 radical (unpaired) electrons. The highest BCUT2D eigenvalue weighted by Crippen LogP contribution is 2.15. The molecule has 1 rings (SSSR count). The van der Waals surface area contributed by atoms with Gasteiger partial charge in [-0.2, -0.15) is 0 Å². The van der Waals surface area contributed by atoms with Crippen molar-refractivity contribution in [3.05, 3.63) is 45.9 Å². The summed E-state index contributed by atoms with van der Waals surface area (Å²) in [6, 6.07) is 8.31. The van der Waals surface area contributed by atoms with Gasteiger partial charge in [0.2, 0.25) is 0 Å². The van der Waals surface area contributed by atoms with Crippen LogP contribution in [0.2, 0.25) is 0 Å². The fourth-order valence-electron chi connectivity index (χ4n) is 0.589. The molecule has 60 valence electrons. The van der Waals surface area contributed by atoms with Gasteiger partial charge < -0.3 is 5.43 Å². The molecule has 0 aliphatic carbocycles. The molecule has 0 bridgehead atoms. The third-order valence-electron chi connectivity index (χ3n) is 0.953. The van der Waals surface area contributed by atoms with Crippen molar-refractivity contribution in [2.45, 2.75) is 0 Å². The van der Waals surface area contributed by atoms with Gasteiger partial charge in [-0.15, -0.1) is 12.4 Å². The number of hydrogen-bond donors (Lipinski definition) is 0. The molecule has 0 unspecified atom stereocenters. The first-order chi connectivity index (χ1) is 4.79. The monoisotopic (exact) mass is 173 g/mol. The van der Waals surface area contributed by atoms with E-state index in [0.717, 1.165) is 0 Å². The number of rotatable bonds is 2. The number of hydrogen-bond acceptors (Lipinski definition) is 2. The van der Waals surface area contributed by atoms with Gasteiger partial charge in [-0.1, -0.05) is 36.0 Å². The third kappa shape index (κ3) is 3.42. The van der Waals surface area contributed by atoms with Crippen molar-refractivity contribution in [2.24, 2.45) is 0 Å². The molecule has 0 saturated heterocycles. The molecule has 0 aliphatic heterocycles. The lowest BCUT2D eigenvalue weighted by Gasteiger charge is -2.07. The predicted molar refractivity (Wildman–Crippen MR) is 43.7 cm³/mol. The van der Waals surface area contributed by atoms with Gasteiger partial charge in [-0.25, -0.2) is 0 Å². The molecule has 0 saturated carbocycles. The fraction of sp³-hybridized carbons (Fsp3) is 0. The molecule has 11 heavy (non-hydrogen) atoms. The van der Waals surface area contributed by atoms with E-state index in [0.29, 0.717) is 5.69 Å². The molecule has 0 aromatic heterocycles. The second-order valence-corrected chi connectivity index (χ2v) is 1.67. The molecule has 0 spiro atoms. The Bertz CT molecular complexity index is 227. The Morgan fingerprint density at radius 3 is 2.27 bits per heavy atom. The van der Waals surface area contributed by atoms with E-state index in [4.69, 9.17) is 0 Å². The number of nitro groups is 1.